The Kier molecular flexibility index (Phi) is 5.29. The van der Waals surface area contributed by atoms with Crippen LogP contribution in [0.1, 0.15) is 13.8 Å². The molecule has 102 valence electrons. The Morgan fingerprint density at radius 2 is 1.12 bits per heavy atom. The number of hydrogen-bond acceptors (Lipinski definition) is 5. The molecule has 1 aliphatic rings. The van der Waals surface area contributed by atoms with Gasteiger partial charge in [0.2, 0.25) is 0 Å². The first-order valence-electron chi connectivity index (χ1n) is 4.68. The summed E-state index contributed by atoms with van der Waals surface area (Å²) in [6.45, 7) is 2.67. The summed E-state index contributed by atoms with van der Waals surface area (Å²) in [7, 11) is -6.56. The Labute approximate surface area is 105 Å². The molecular formula is C8H17AsO6S2. The van der Waals surface area contributed by atoms with Crippen molar-refractivity contribution in [1.82, 2.24) is 0 Å². The fourth-order valence-corrected chi connectivity index (χ4v) is 4.97. The topological polar surface area (TPSA) is 106 Å². The van der Waals surface area contributed by atoms with Crippen molar-refractivity contribution in [2.75, 3.05) is 11.5 Å². The number of hydrogen-bond donors (Lipinski definition) is 1. The van der Waals surface area contributed by atoms with Crippen LogP contribution in [0.15, 0.2) is 9.81 Å². The minimum absolute atomic E-state index is 0.00579. The third-order valence-electron chi connectivity index (χ3n) is 2.05. The van der Waals surface area contributed by atoms with Crippen molar-refractivity contribution in [3.05, 3.63) is 9.81 Å². The number of allylic oxidation sites excluding steroid dienone is 2. The summed E-state index contributed by atoms with van der Waals surface area (Å²) < 4.78 is 62.6. The normalized spacial score (nSPS) is 22.6. The summed E-state index contributed by atoms with van der Waals surface area (Å²) in [5.74, 6) is -0.559. The van der Waals surface area contributed by atoms with Crippen LogP contribution in [0, 0.1) is 0 Å². The van der Waals surface area contributed by atoms with Crippen molar-refractivity contribution >= 4 is 33.5 Å². The molecule has 0 atom stereocenters. The maximum atomic E-state index is 11.2. The molecule has 0 aromatic rings. The SMILES string of the molecule is CC1=C(C)S(=O)(=O)CCS1(=O)=O.C[As](C)(=O)O. The minimum atomic E-state index is -3.28. The predicted molar refractivity (Wildman–Crippen MR) is 66.3 cm³/mol. The van der Waals surface area contributed by atoms with Crippen LogP contribution in [-0.4, -0.2) is 46.3 Å². The van der Waals surface area contributed by atoms with Crippen LogP contribution in [0.5, 0.6) is 0 Å². The monoisotopic (exact) mass is 348 g/mol. The van der Waals surface area contributed by atoms with Crippen molar-refractivity contribution in [3.63, 3.8) is 0 Å². The third kappa shape index (κ3) is 5.90. The molecule has 1 N–H and O–H groups in total. The van der Waals surface area contributed by atoms with Gasteiger partial charge in [-0.2, -0.15) is 0 Å². The Balaban J connectivity index is 0.000000437. The van der Waals surface area contributed by atoms with Gasteiger partial charge in [-0.3, -0.25) is 0 Å². The molecule has 1 rings (SSSR count). The van der Waals surface area contributed by atoms with Crippen LogP contribution in [0.25, 0.3) is 0 Å². The fraction of sp³-hybridized carbons (Fsp3) is 0.750. The average molecular weight is 348 g/mol. The van der Waals surface area contributed by atoms with Gasteiger partial charge in [0.25, 0.3) is 0 Å². The molecule has 6 nitrogen and oxygen atoms in total. The molecule has 0 bridgehead atoms. The van der Waals surface area contributed by atoms with Gasteiger partial charge < -0.3 is 0 Å². The number of sulfone groups is 2. The molecule has 1 aliphatic heterocycles. The number of rotatable bonds is 0. The summed E-state index contributed by atoms with van der Waals surface area (Å²) in [6.07, 6.45) is 0. The van der Waals surface area contributed by atoms with Gasteiger partial charge in [-0.05, 0) is 13.8 Å². The predicted octanol–water partition coefficient (Wildman–Crippen LogP) is 0.192. The first kappa shape index (κ1) is 17.0. The Hall–Kier alpha value is -0.0416. The van der Waals surface area contributed by atoms with Crippen molar-refractivity contribution in [2.24, 2.45) is 0 Å². The summed E-state index contributed by atoms with van der Waals surface area (Å²) >= 11 is -3.12. The standard InChI is InChI=1S/C6H10O4S2.C2H7AsO2/c1-5-6(2)12(9,10)4-3-11(5,7)8;1-3(2,4)5/h3-4H2,1-2H3;1-2H3,(H,4,5). The third-order valence-corrected chi connectivity index (χ3v) is 6.40. The quantitative estimate of drug-likeness (QED) is 0.627. The van der Waals surface area contributed by atoms with Crippen LogP contribution in [0.4, 0.5) is 0 Å². The van der Waals surface area contributed by atoms with Crippen LogP contribution >= 0.6 is 0 Å². The molecule has 0 aliphatic carbocycles. The van der Waals surface area contributed by atoms with Gasteiger partial charge in [0, 0.05) is 0 Å². The zero-order chi connectivity index (χ0) is 14.1. The van der Waals surface area contributed by atoms with E-state index in [1.165, 1.54) is 25.3 Å². The van der Waals surface area contributed by atoms with E-state index in [9.17, 15) is 20.6 Å². The molecule has 0 fully saturated rings. The van der Waals surface area contributed by atoms with E-state index in [1.54, 1.807) is 0 Å². The first-order valence-corrected chi connectivity index (χ1v) is 13.3. The molecule has 0 saturated heterocycles. The maximum absolute atomic E-state index is 11.2. The van der Waals surface area contributed by atoms with E-state index in [0.717, 1.165) is 0 Å². The first-order chi connectivity index (χ1) is 7.27. The summed E-state index contributed by atoms with van der Waals surface area (Å²) in [5.41, 5.74) is 2.72. The zero-order valence-corrected chi connectivity index (χ0v) is 13.7. The molecule has 0 saturated carbocycles. The van der Waals surface area contributed by atoms with Crippen molar-refractivity contribution in [2.45, 2.75) is 25.3 Å². The van der Waals surface area contributed by atoms with Crippen LogP contribution in [-0.2, 0) is 23.4 Å². The second-order valence-electron chi connectivity index (χ2n) is 4.04. The second-order valence-corrected chi connectivity index (χ2v) is 14.0. The molecule has 0 aromatic carbocycles. The van der Waals surface area contributed by atoms with Crippen LogP contribution in [0.2, 0.25) is 11.4 Å². The molecule has 0 spiro atoms. The molecular weight excluding hydrogens is 331 g/mol. The van der Waals surface area contributed by atoms with E-state index in [1.807, 2.05) is 0 Å². The van der Waals surface area contributed by atoms with Crippen LogP contribution < -0.4 is 0 Å². The summed E-state index contributed by atoms with van der Waals surface area (Å²) in [6, 6.07) is 0. The van der Waals surface area contributed by atoms with Crippen LogP contribution in [0.3, 0.4) is 0 Å². The average Bonchev–Trinajstić information content (AvgIpc) is 2.08. The van der Waals surface area contributed by atoms with Gasteiger partial charge in [0.15, 0.2) is 19.7 Å². The van der Waals surface area contributed by atoms with Crippen molar-refractivity contribution < 1.29 is 24.7 Å². The molecule has 0 aromatic heterocycles. The van der Waals surface area contributed by atoms with E-state index >= 15 is 0 Å². The van der Waals surface area contributed by atoms with E-state index in [-0.39, 0.29) is 21.3 Å². The molecule has 17 heavy (non-hydrogen) atoms. The zero-order valence-electron chi connectivity index (χ0n) is 10.2. The van der Waals surface area contributed by atoms with Crippen molar-refractivity contribution in [1.29, 1.82) is 0 Å². The Morgan fingerprint density at radius 3 is 1.29 bits per heavy atom. The van der Waals surface area contributed by atoms with Gasteiger partial charge in [-0.25, -0.2) is 16.8 Å². The van der Waals surface area contributed by atoms with Gasteiger partial charge >= 0.3 is 33.1 Å². The summed E-state index contributed by atoms with van der Waals surface area (Å²) in [4.78, 5) is -0.0116. The molecule has 1 heterocycles. The fourth-order valence-electron chi connectivity index (χ4n) is 0.964. The van der Waals surface area contributed by atoms with Gasteiger partial charge in [0.1, 0.15) is 0 Å². The molecule has 0 amide bonds. The van der Waals surface area contributed by atoms with E-state index in [0.29, 0.717) is 0 Å². The van der Waals surface area contributed by atoms with E-state index in [4.69, 9.17) is 4.10 Å². The van der Waals surface area contributed by atoms with Crippen molar-refractivity contribution in [3.8, 4) is 0 Å². The second kappa shape index (κ2) is 5.30. The van der Waals surface area contributed by atoms with Gasteiger partial charge in [-0.15, -0.1) is 0 Å². The Morgan fingerprint density at radius 1 is 0.941 bits per heavy atom. The van der Waals surface area contributed by atoms with Gasteiger partial charge in [-0.1, -0.05) is 0 Å². The molecule has 0 radical (unpaired) electrons. The molecule has 0 unspecified atom stereocenters. The summed E-state index contributed by atoms with van der Waals surface area (Å²) in [5, 5.41) is 0. The molecule has 9 heteroatoms. The van der Waals surface area contributed by atoms with E-state index < -0.39 is 33.5 Å². The Bertz CT molecular complexity index is 513. The van der Waals surface area contributed by atoms with Gasteiger partial charge in [0.05, 0.1) is 21.3 Å². The van der Waals surface area contributed by atoms with E-state index in [2.05, 4.69) is 0 Å².